The Labute approximate surface area is 135 Å². The van der Waals surface area contributed by atoms with Gasteiger partial charge in [-0.1, -0.05) is 31.0 Å². The molecular weight excluding hydrogens is 296 g/mol. The summed E-state index contributed by atoms with van der Waals surface area (Å²) in [6.45, 7) is 6.43. The highest BCUT2D eigenvalue weighted by Gasteiger charge is 2.24. The van der Waals surface area contributed by atoms with E-state index in [9.17, 15) is 0 Å². The molecule has 0 N–H and O–H groups in total. The first-order valence-electron chi connectivity index (χ1n) is 8.02. The van der Waals surface area contributed by atoms with Gasteiger partial charge in [-0.25, -0.2) is 9.67 Å². The molecule has 2 heterocycles. The number of tetrazole rings is 1. The van der Waals surface area contributed by atoms with Crippen LogP contribution in [-0.4, -0.2) is 29.8 Å². The normalized spacial score (nSPS) is 17.8. The number of nitrogens with zero attached hydrogens (tertiary/aromatic N) is 6. The highest BCUT2D eigenvalue weighted by molar-refractivity contribution is 7.99. The molecule has 0 amide bonds. The average molecular weight is 320 g/mol. The highest BCUT2D eigenvalue weighted by Crippen LogP contribution is 2.38. The topological polar surface area (TPSA) is 61.4 Å². The van der Waals surface area contributed by atoms with Crippen LogP contribution in [0.15, 0.2) is 5.16 Å². The monoisotopic (exact) mass is 320 g/mol. The number of hydrogen-bond acceptors (Lipinski definition) is 5. The molecule has 1 saturated carbocycles. The van der Waals surface area contributed by atoms with E-state index in [1.54, 1.807) is 16.4 Å². The van der Waals surface area contributed by atoms with Gasteiger partial charge in [0.1, 0.15) is 0 Å². The summed E-state index contributed by atoms with van der Waals surface area (Å²) >= 11 is 1.76. The van der Waals surface area contributed by atoms with Gasteiger partial charge < -0.3 is 4.57 Å². The van der Waals surface area contributed by atoms with Crippen LogP contribution >= 0.6 is 11.8 Å². The highest BCUT2D eigenvalue weighted by atomic mass is 32.2. The van der Waals surface area contributed by atoms with E-state index in [4.69, 9.17) is 4.98 Å². The number of imidazole rings is 1. The maximum absolute atomic E-state index is 4.81. The standard InChI is InChI=1S/C15H24N6S/c1-10-11(2)21(13-8-6-5-7-9-13)15(16-10)22-12(3)14-17-18-19-20(14)4/h12-13H,5-9H2,1-4H3/t12-/m0/s1. The number of rotatable bonds is 4. The third-order valence-electron chi connectivity index (χ3n) is 4.59. The second-order valence-corrected chi connectivity index (χ2v) is 7.46. The van der Waals surface area contributed by atoms with E-state index in [0.29, 0.717) is 6.04 Å². The first kappa shape index (κ1) is 15.5. The molecule has 1 aliphatic carbocycles. The van der Waals surface area contributed by atoms with Crippen molar-refractivity contribution in [2.24, 2.45) is 7.05 Å². The Kier molecular flexibility index (Phi) is 4.52. The van der Waals surface area contributed by atoms with E-state index in [2.05, 4.69) is 40.9 Å². The van der Waals surface area contributed by atoms with E-state index in [-0.39, 0.29) is 5.25 Å². The van der Waals surface area contributed by atoms with Gasteiger partial charge in [0.05, 0.1) is 10.9 Å². The summed E-state index contributed by atoms with van der Waals surface area (Å²) in [5.41, 5.74) is 2.44. The van der Waals surface area contributed by atoms with Crippen molar-refractivity contribution in [2.45, 2.75) is 69.3 Å². The molecule has 1 fully saturated rings. The van der Waals surface area contributed by atoms with Gasteiger partial charge in [0.25, 0.3) is 0 Å². The Morgan fingerprint density at radius 2 is 1.91 bits per heavy atom. The molecule has 7 heteroatoms. The number of thioether (sulfide) groups is 1. The molecule has 0 spiro atoms. The summed E-state index contributed by atoms with van der Waals surface area (Å²) in [5.74, 6) is 0.888. The zero-order chi connectivity index (χ0) is 15.7. The molecular formula is C15H24N6S. The van der Waals surface area contributed by atoms with Gasteiger partial charge in [0, 0.05) is 18.8 Å². The lowest BCUT2D eigenvalue weighted by atomic mass is 9.95. The third kappa shape index (κ3) is 2.91. The summed E-state index contributed by atoms with van der Waals surface area (Å²) in [7, 11) is 1.89. The lowest BCUT2D eigenvalue weighted by molar-refractivity contribution is 0.332. The Morgan fingerprint density at radius 3 is 2.55 bits per heavy atom. The molecule has 0 unspecified atom stereocenters. The van der Waals surface area contributed by atoms with E-state index in [1.165, 1.54) is 37.8 Å². The number of aromatic nitrogens is 6. The minimum absolute atomic E-state index is 0.184. The predicted octanol–water partition coefficient (Wildman–Crippen LogP) is 3.38. The number of aryl methyl sites for hydroxylation is 2. The summed E-state index contributed by atoms with van der Waals surface area (Å²) in [6.07, 6.45) is 6.56. The second-order valence-electron chi connectivity index (χ2n) is 6.15. The third-order valence-corrected chi connectivity index (χ3v) is 5.66. The molecule has 2 aromatic heterocycles. The van der Waals surface area contributed by atoms with Crippen LogP contribution in [0.4, 0.5) is 0 Å². The van der Waals surface area contributed by atoms with Crippen molar-refractivity contribution in [2.75, 3.05) is 0 Å². The zero-order valence-electron chi connectivity index (χ0n) is 13.8. The molecule has 0 saturated heterocycles. The molecule has 120 valence electrons. The lowest BCUT2D eigenvalue weighted by Crippen LogP contribution is -2.15. The SMILES string of the molecule is Cc1nc(S[C@@H](C)c2nnnn2C)n(C2CCCCC2)c1C. The number of hydrogen-bond donors (Lipinski definition) is 0. The van der Waals surface area contributed by atoms with Crippen LogP contribution in [0.2, 0.25) is 0 Å². The van der Waals surface area contributed by atoms with Gasteiger partial charge in [-0.2, -0.15) is 0 Å². The van der Waals surface area contributed by atoms with Gasteiger partial charge in [-0.3, -0.25) is 0 Å². The molecule has 1 aliphatic rings. The van der Waals surface area contributed by atoms with E-state index in [0.717, 1.165) is 16.7 Å². The molecule has 0 radical (unpaired) electrons. The Bertz CT molecular complexity index is 640. The van der Waals surface area contributed by atoms with Crippen molar-refractivity contribution < 1.29 is 0 Å². The minimum atomic E-state index is 0.184. The maximum Gasteiger partial charge on any atom is 0.169 e. The Morgan fingerprint density at radius 1 is 1.18 bits per heavy atom. The van der Waals surface area contributed by atoms with Crippen LogP contribution in [0, 0.1) is 13.8 Å². The summed E-state index contributed by atoms with van der Waals surface area (Å²) in [4.78, 5) is 4.81. The van der Waals surface area contributed by atoms with Crippen molar-refractivity contribution in [3.8, 4) is 0 Å². The van der Waals surface area contributed by atoms with Crippen molar-refractivity contribution in [1.29, 1.82) is 0 Å². The Hall–Kier alpha value is -1.37. The van der Waals surface area contributed by atoms with Crippen LogP contribution in [-0.2, 0) is 7.05 Å². The molecule has 0 aliphatic heterocycles. The van der Waals surface area contributed by atoms with E-state index in [1.807, 2.05) is 7.05 Å². The van der Waals surface area contributed by atoms with Crippen LogP contribution < -0.4 is 0 Å². The summed E-state index contributed by atoms with van der Waals surface area (Å²) in [6, 6.07) is 0.599. The summed E-state index contributed by atoms with van der Waals surface area (Å²) < 4.78 is 4.20. The predicted molar refractivity (Wildman–Crippen MR) is 86.9 cm³/mol. The lowest BCUT2D eigenvalue weighted by Gasteiger charge is -2.26. The van der Waals surface area contributed by atoms with E-state index < -0.39 is 0 Å². The van der Waals surface area contributed by atoms with Crippen LogP contribution in [0.3, 0.4) is 0 Å². The first-order valence-corrected chi connectivity index (χ1v) is 8.90. The van der Waals surface area contributed by atoms with E-state index >= 15 is 0 Å². The van der Waals surface area contributed by atoms with Gasteiger partial charge in [-0.15, -0.1) is 5.10 Å². The van der Waals surface area contributed by atoms with Crippen molar-refractivity contribution in [1.82, 2.24) is 29.8 Å². The molecule has 6 nitrogen and oxygen atoms in total. The molecule has 0 bridgehead atoms. The molecule has 0 aromatic carbocycles. The fourth-order valence-corrected chi connectivity index (χ4v) is 4.45. The van der Waals surface area contributed by atoms with Crippen LogP contribution in [0.25, 0.3) is 0 Å². The van der Waals surface area contributed by atoms with Gasteiger partial charge in [0.15, 0.2) is 11.0 Å². The quantitative estimate of drug-likeness (QED) is 0.808. The first-order chi connectivity index (χ1) is 10.6. The van der Waals surface area contributed by atoms with Crippen LogP contribution in [0.5, 0.6) is 0 Å². The van der Waals surface area contributed by atoms with Crippen molar-refractivity contribution in [3.63, 3.8) is 0 Å². The molecule has 22 heavy (non-hydrogen) atoms. The minimum Gasteiger partial charge on any atom is -0.320 e. The Balaban J connectivity index is 1.87. The smallest absolute Gasteiger partial charge is 0.169 e. The zero-order valence-corrected chi connectivity index (χ0v) is 14.6. The maximum atomic E-state index is 4.81. The fraction of sp³-hybridized carbons (Fsp3) is 0.733. The molecule has 3 rings (SSSR count). The van der Waals surface area contributed by atoms with Crippen LogP contribution in [0.1, 0.15) is 67.5 Å². The second kappa shape index (κ2) is 6.40. The van der Waals surface area contributed by atoms with Crippen molar-refractivity contribution >= 4 is 11.8 Å². The molecule has 2 aromatic rings. The van der Waals surface area contributed by atoms with Gasteiger partial charge in [-0.05, 0) is 44.0 Å². The summed E-state index contributed by atoms with van der Waals surface area (Å²) in [5, 5.41) is 13.1. The van der Waals surface area contributed by atoms with Gasteiger partial charge in [0.2, 0.25) is 0 Å². The van der Waals surface area contributed by atoms with Gasteiger partial charge >= 0.3 is 0 Å². The molecule has 1 atom stereocenters. The average Bonchev–Trinajstić information content (AvgIpc) is 3.05. The largest absolute Gasteiger partial charge is 0.320 e. The van der Waals surface area contributed by atoms with Crippen molar-refractivity contribution in [3.05, 3.63) is 17.2 Å². The fourth-order valence-electron chi connectivity index (χ4n) is 3.24.